The Kier molecular flexibility index (Phi) is 5.08. The Morgan fingerprint density at radius 1 is 1.38 bits per heavy atom. The van der Waals surface area contributed by atoms with Crippen LogP contribution < -0.4 is 5.32 Å². The summed E-state index contributed by atoms with van der Waals surface area (Å²) < 4.78 is 1.71. The van der Waals surface area contributed by atoms with E-state index in [0.29, 0.717) is 12.5 Å². The SMILES string of the molecule is CNc1nccnc1C[C@H]1CCCN(C(=O)Cn2cc(C)cn2)C1. The van der Waals surface area contributed by atoms with E-state index in [1.165, 1.54) is 0 Å². The monoisotopic (exact) mass is 328 g/mol. The minimum absolute atomic E-state index is 0.135. The van der Waals surface area contributed by atoms with Gasteiger partial charge in [-0.2, -0.15) is 5.10 Å². The lowest BCUT2D eigenvalue weighted by Gasteiger charge is -2.33. The van der Waals surface area contributed by atoms with Crippen LogP contribution in [0.2, 0.25) is 0 Å². The molecule has 1 saturated heterocycles. The molecule has 0 radical (unpaired) electrons. The summed E-state index contributed by atoms with van der Waals surface area (Å²) in [5, 5.41) is 7.29. The van der Waals surface area contributed by atoms with E-state index in [9.17, 15) is 4.79 Å². The number of nitrogens with one attached hydrogen (secondary N) is 1. The second kappa shape index (κ2) is 7.42. The molecule has 2 aromatic rings. The molecule has 2 aromatic heterocycles. The Morgan fingerprint density at radius 2 is 2.21 bits per heavy atom. The summed E-state index contributed by atoms with van der Waals surface area (Å²) in [6.45, 7) is 3.90. The smallest absolute Gasteiger partial charge is 0.244 e. The third kappa shape index (κ3) is 3.90. The van der Waals surface area contributed by atoms with Gasteiger partial charge in [-0.25, -0.2) is 4.98 Å². The molecule has 3 rings (SSSR count). The maximum absolute atomic E-state index is 12.5. The lowest BCUT2D eigenvalue weighted by molar-refractivity contribution is -0.133. The molecule has 0 saturated carbocycles. The highest BCUT2D eigenvalue weighted by molar-refractivity contribution is 5.76. The first kappa shape index (κ1) is 16.4. The Hall–Kier alpha value is -2.44. The van der Waals surface area contributed by atoms with Crippen molar-refractivity contribution >= 4 is 11.7 Å². The number of amides is 1. The molecule has 0 unspecified atom stereocenters. The number of carbonyl (C=O) groups is 1. The quantitative estimate of drug-likeness (QED) is 0.900. The minimum Gasteiger partial charge on any atom is -0.372 e. The van der Waals surface area contributed by atoms with Gasteiger partial charge in [-0.15, -0.1) is 0 Å². The first-order chi connectivity index (χ1) is 11.7. The Bertz CT molecular complexity index is 698. The van der Waals surface area contributed by atoms with Gasteiger partial charge >= 0.3 is 0 Å². The summed E-state index contributed by atoms with van der Waals surface area (Å²) in [6.07, 6.45) is 10.1. The van der Waals surface area contributed by atoms with Crippen molar-refractivity contribution in [2.45, 2.75) is 32.7 Å². The van der Waals surface area contributed by atoms with E-state index in [-0.39, 0.29) is 5.91 Å². The van der Waals surface area contributed by atoms with Gasteiger partial charge in [-0.05, 0) is 37.7 Å². The Labute approximate surface area is 142 Å². The molecule has 1 aliphatic heterocycles. The van der Waals surface area contributed by atoms with Crippen molar-refractivity contribution in [3.05, 3.63) is 36.0 Å². The normalized spacial score (nSPS) is 17.8. The van der Waals surface area contributed by atoms with Crippen LogP contribution in [0, 0.1) is 12.8 Å². The van der Waals surface area contributed by atoms with Crippen molar-refractivity contribution < 1.29 is 4.79 Å². The molecule has 24 heavy (non-hydrogen) atoms. The molecule has 1 fully saturated rings. The number of hydrogen-bond donors (Lipinski definition) is 1. The second-order valence-corrected chi connectivity index (χ2v) is 6.37. The average Bonchev–Trinajstić information content (AvgIpc) is 3.00. The van der Waals surface area contributed by atoms with Gasteiger partial charge in [0.15, 0.2) is 0 Å². The molecular formula is C17H24N6O. The molecular weight excluding hydrogens is 304 g/mol. The van der Waals surface area contributed by atoms with Crippen LogP contribution in [0.4, 0.5) is 5.82 Å². The molecule has 0 aliphatic carbocycles. The molecule has 3 heterocycles. The molecule has 7 nitrogen and oxygen atoms in total. The lowest BCUT2D eigenvalue weighted by Crippen LogP contribution is -2.42. The number of likely N-dealkylation sites (tertiary alicyclic amines) is 1. The van der Waals surface area contributed by atoms with Crippen molar-refractivity contribution in [2.24, 2.45) is 5.92 Å². The van der Waals surface area contributed by atoms with Crippen LogP contribution in [0.15, 0.2) is 24.8 Å². The summed E-state index contributed by atoms with van der Waals surface area (Å²) >= 11 is 0. The van der Waals surface area contributed by atoms with Gasteiger partial charge in [0.05, 0.1) is 11.9 Å². The first-order valence-electron chi connectivity index (χ1n) is 8.40. The van der Waals surface area contributed by atoms with Crippen molar-refractivity contribution in [1.82, 2.24) is 24.6 Å². The van der Waals surface area contributed by atoms with Crippen LogP contribution in [-0.4, -0.2) is 50.7 Å². The maximum Gasteiger partial charge on any atom is 0.244 e. The number of piperidine rings is 1. The zero-order chi connectivity index (χ0) is 16.9. The zero-order valence-electron chi connectivity index (χ0n) is 14.3. The highest BCUT2D eigenvalue weighted by Crippen LogP contribution is 2.22. The van der Waals surface area contributed by atoms with Crippen molar-refractivity contribution in [2.75, 3.05) is 25.5 Å². The van der Waals surface area contributed by atoms with E-state index in [1.54, 1.807) is 23.3 Å². The molecule has 0 bridgehead atoms. The van der Waals surface area contributed by atoms with Crippen LogP contribution in [0.5, 0.6) is 0 Å². The van der Waals surface area contributed by atoms with Crippen molar-refractivity contribution in [3.63, 3.8) is 0 Å². The van der Waals surface area contributed by atoms with Crippen LogP contribution in [0.1, 0.15) is 24.1 Å². The minimum atomic E-state index is 0.135. The van der Waals surface area contributed by atoms with E-state index in [1.807, 2.05) is 25.1 Å². The van der Waals surface area contributed by atoms with Gasteiger partial charge in [0, 0.05) is 38.7 Å². The third-order valence-corrected chi connectivity index (χ3v) is 4.42. The van der Waals surface area contributed by atoms with Gasteiger partial charge in [0.2, 0.25) is 5.91 Å². The lowest BCUT2D eigenvalue weighted by atomic mass is 9.93. The van der Waals surface area contributed by atoms with Crippen molar-refractivity contribution in [3.8, 4) is 0 Å². The van der Waals surface area contributed by atoms with E-state index >= 15 is 0 Å². The van der Waals surface area contributed by atoms with E-state index in [2.05, 4.69) is 20.4 Å². The van der Waals surface area contributed by atoms with Crippen LogP contribution in [0.25, 0.3) is 0 Å². The molecule has 7 heteroatoms. The molecule has 1 N–H and O–H groups in total. The summed E-state index contributed by atoms with van der Waals surface area (Å²) in [5.74, 6) is 1.38. The zero-order valence-corrected chi connectivity index (χ0v) is 14.3. The summed E-state index contributed by atoms with van der Waals surface area (Å²) in [5.41, 5.74) is 2.04. The Morgan fingerprint density at radius 3 is 2.96 bits per heavy atom. The van der Waals surface area contributed by atoms with E-state index in [0.717, 1.165) is 49.4 Å². The third-order valence-electron chi connectivity index (χ3n) is 4.42. The van der Waals surface area contributed by atoms with Gasteiger partial charge in [0.1, 0.15) is 12.4 Å². The standard InChI is InChI=1S/C17H24N6O/c1-13-9-21-23(10-13)12-16(24)22-7-3-4-14(11-22)8-15-17(18-2)20-6-5-19-15/h5-6,9-10,14H,3-4,7-8,11-12H2,1-2H3,(H,18,20)/t14-/m1/s1. The molecule has 1 atom stereocenters. The predicted octanol–water partition coefficient (Wildman–Crippen LogP) is 1.50. The number of rotatable bonds is 5. The van der Waals surface area contributed by atoms with Crippen molar-refractivity contribution in [1.29, 1.82) is 0 Å². The fourth-order valence-electron chi connectivity index (χ4n) is 3.25. The second-order valence-electron chi connectivity index (χ2n) is 6.37. The highest BCUT2D eigenvalue weighted by atomic mass is 16.2. The number of anilines is 1. The topological polar surface area (TPSA) is 75.9 Å². The van der Waals surface area contributed by atoms with Gasteiger partial charge in [-0.1, -0.05) is 0 Å². The molecule has 1 amide bonds. The predicted molar refractivity (Wildman–Crippen MR) is 91.6 cm³/mol. The van der Waals surface area contributed by atoms with Gasteiger partial charge in [0.25, 0.3) is 0 Å². The molecule has 0 spiro atoms. The Balaban J connectivity index is 1.60. The summed E-state index contributed by atoms with van der Waals surface area (Å²) in [4.78, 5) is 23.2. The number of aromatic nitrogens is 4. The van der Waals surface area contributed by atoms with E-state index in [4.69, 9.17) is 0 Å². The molecule has 1 aliphatic rings. The number of aryl methyl sites for hydroxylation is 1. The fraction of sp³-hybridized carbons (Fsp3) is 0.529. The summed E-state index contributed by atoms with van der Waals surface area (Å²) in [7, 11) is 1.86. The largest absolute Gasteiger partial charge is 0.372 e. The number of nitrogens with zero attached hydrogens (tertiary/aromatic N) is 5. The van der Waals surface area contributed by atoms with Crippen LogP contribution >= 0.6 is 0 Å². The van der Waals surface area contributed by atoms with Crippen LogP contribution in [-0.2, 0) is 17.8 Å². The fourth-order valence-corrected chi connectivity index (χ4v) is 3.25. The van der Waals surface area contributed by atoms with Gasteiger partial charge < -0.3 is 10.2 Å². The van der Waals surface area contributed by atoms with Crippen LogP contribution in [0.3, 0.4) is 0 Å². The first-order valence-corrected chi connectivity index (χ1v) is 8.40. The number of carbonyl (C=O) groups excluding carboxylic acids is 1. The summed E-state index contributed by atoms with van der Waals surface area (Å²) in [6, 6.07) is 0. The maximum atomic E-state index is 12.5. The molecule has 128 valence electrons. The molecule has 0 aromatic carbocycles. The highest BCUT2D eigenvalue weighted by Gasteiger charge is 2.25. The number of hydrogen-bond acceptors (Lipinski definition) is 5. The average molecular weight is 328 g/mol. The van der Waals surface area contributed by atoms with E-state index < -0.39 is 0 Å². The van der Waals surface area contributed by atoms with Gasteiger partial charge in [-0.3, -0.25) is 14.5 Å².